The fourth-order valence-electron chi connectivity index (χ4n) is 5.29. The molecule has 178 valence electrons. The smallest absolute Gasteiger partial charge is 0.399 e. The zero-order valence-corrected chi connectivity index (χ0v) is 18.7. The van der Waals surface area contributed by atoms with Gasteiger partial charge >= 0.3 is 11.9 Å². The molecule has 6 nitrogen and oxygen atoms in total. The number of alkyl halides is 4. The molecule has 2 heterocycles. The standard InChI is InChI=1S/C22H24F4N4O2S/c1-8-14(13-7-11-10(19(28)22(24,25)26)3-2-4-12(11)33-13)16(23)17(27)15-18(8)30(9-5-6-9)21(32)29-20(15)31/h7,9-10,14,16,19H,2-6,27-28H2,1H3,(H,29,31,32). The van der Waals surface area contributed by atoms with Gasteiger partial charge in [-0.05, 0) is 56.2 Å². The zero-order valence-electron chi connectivity index (χ0n) is 17.8. The third-order valence-electron chi connectivity index (χ3n) is 7.07. The van der Waals surface area contributed by atoms with E-state index in [0.717, 1.165) is 17.7 Å². The molecule has 0 aliphatic heterocycles. The van der Waals surface area contributed by atoms with Crippen LogP contribution in [0, 0.1) is 0 Å². The lowest BCUT2D eigenvalue weighted by Gasteiger charge is -2.29. The van der Waals surface area contributed by atoms with Gasteiger partial charge in [-0.3, -0.25) is 14.3 Å². The van der Waals surface area contributed by atoms with Gasteiger partial charge in [-0.25, -0.2) is 9.18 Å². The molecule has 0 radical (unpaired) electrons. The second-order valence-electron chi connectivity index (χ2n) is 9.20. The van der Waals surface area contributed by atoms with E-state index in [1.807, 2.05) is 0 Å². The minimum atomic E-state index is -4.53. The first kappa shape index (κ1) is 22.4. The maximum absolute atomic E-state index is 15.7. The summed E-state index contributed by atoms with van der Waals surface area (Å²) < 4.78 is 57.2. The first-order valence-electron chi connectivity index (χ1n) is 10.9. The Hall–Kier alpha value is -2.40. The summed E-state index contributed by atoms with van der Waals surface area (Å²) in [5.41, 5.74) is 11.1. The lowest BCUT2D eigenvalue weighted by molar-refractivity contribution is -0.153. The third kappa shape index (κ3) is 3.47. The lowest BCUT2D eigenvalue weighted by atomic mass is 9.81. The van der Waals surface area contributed by atoms with Gasteiger partial charge in [-0.2, -0.15) is 13.2 Å². The Kier molecular flexibility index (Phi) is 5.13. The largest absolute Gasteiger partial charge is 0.404 e. The van der Waals surface area contributed by atoms with Crippen molar-refractivity contribution >= 4 is 22.6 Å². The number of fused-ring (bicyclic) bond motifs is 2. The Balaban J connectivity index is 1.70. The highest BCUT2D eigenvalue weighted by atomic mass is 32.1. The van der Waals surface area contributed by atoms with E-state index in [1.54, 1.807) is 13.0 Å². The van der Waals surface area contributed by atoms with Gasteiger partial charge in [0, 0.05) is 21.7 Å². The van der Waals surface area contributed by atoms with Gasteiger partial charge in [-0.15, -0.1) is 11.3 Å². The van der Waals surface area contributed by atoms with Gasteiger partial charge in [0.2, 0.25) is 0 Å². The minimum Gasteiger partial charge on any atom is -0.399 e. The van der Waals surface area contributed by atoms with Crippen molar-refractivity contribution in [1.82, 2.24) is 9.55 Å². The Morgan fingerprint density at radius 3 is 2.58 bits per heavy atom. The summed E-state index contributed by atoms with van der Waals surface area (Å²) >= 11 is 1.27. The number of H-pyrrole nitrogens is 1. The number of aromatic amines is 1. The molecule has 0 bridgehead atoms. The average Bonchev–Trinajstić information content (AvgIpc) is 3.48. The highest BCUT2D eigenvalue weighted by Gasteiger charge is 2.45. The maximum Gasteiger partial charge on any atom is 0.404 e. The van der Waals surface area contributed by atoms with Crippen LogP contribution in [0.3, 0.4) is 0 Å². The van der Waals surface area contributed by atoms with Crippen LogP contribution < -0.4 is 33.3 Å². The normalized spacial score (nSPS) is 26.2. The number of halogens is 4. The molecule has 1 saturated carbocycles. The molecule has 5 N–H and O–H groups in total. The fourth-order valence-corrected chi connectivity index (χ4v) is 6.76. The lowest BCUT2D eigenvalue weighted by Crippen LogP contribution is -2.59. The Morgan fingerprint density at radius 1 is 1.24 bits per heavy atom. The number of hydrogen-bond acceptors (Lipinski definition) is 5. The number of hydrogen-bond donors (Lipinski definition) is 3. The number of aryl methyl sites for hydroxylation is 1. The Bertz CT molecular complexity index is 1370. The predicted molar refractivity (Wildman–Crippen MR) is 117 cm³/mol. The van der Waals surface area contributed by atoms with Crippen LogP contribution in [0.1, 0.15) is 65.8 Å². The summed E-state index contributed by atoms with van der Waals surface area (Å²) in [6.07, 6.45) is -3.26. The van der Waals surface area contributed by atoms with E-state index in [-0.39, 0.29) is 17.0 Å². The molecular weight excluding hydrogens is 460 g/mol. The molecule has 3 aliphatic rings. The monoisotopic (exact) mass is 484 g/mol. The van der Waals surface area contributed by atoms with Crippen molar-refractivity contribution in [3.63, 3.8) is 0 Å². The quantitative estimate of drug-likeness (QED) is 0.576. The Morgan fingerprint density at radius 2 is 1.94 bits per heavy atom. The summed E-state index contributed by atoms with van der Waals surface area (Å²) in [4.78, 5) is 28.7. The van der Waals surface area contributed by atoms with Crippen molar-refractivity contribution in [1.29, 1.82) is 0 Å². The molecular formula is C22H24F4N4O2S. The molecule has 1 fully saturated rings. The number of rotatable bonds is 3. The number of nitrogens with zero attached hydrogens (tertiary/aromatic N) is 1. The van der Waals surface area contributed by atoms with Crippen molar-refractivity contribution in [2.75, 3.05) is 0 Å². The van der Waals surface area contributed by atoms with Crippen LogP contribution in [-0.4, -0.2) is 27.9 Å². The third-order valence-corrected chi connectivity index (χ3v) is 8.37. The number of nitrogens with two attached hydrogens (primary N) is 2. The van der Waals surface area contributed by atoms with Gasteiger partial charge in [-0.1, -0.05) is 0 Å². The fraction of sp³-hybridized carbons (Fsp3) is 0.545. The summed E-state index contributed by atoms with van der Waals surface area (Å²) in [5.74, 6) is -1.77. The van der Waals surface area contributed by atoms with Crippen LogP contribution in [0.4, 0.5) is 17.6 Å². The average molecular weight is 485 g/mol. The topological polar surface area (TPSA) is 107 Å². The first-order chi connectivity index (χ1) is 15.5. The number of thiophene rings is 1. The van der Waals surface area contributed by atoms with Crippen LogP contribution in [0.15, 0.2) is 15.7 Å². The van der Waals surface area contributed by atoms with Gasteiger partial charge < -0.3 is 11.5 Å². The molecule has 0 aromatic carbocycles. The minimum absolute atomic E-state index is 0.0268. The van der Waals surface area contributed by atoms with Crippen LogP contribution in [0.5, 0.6) is 0 Å². The summed E-state index contributed by atoms with van der Waals surface area (Å²) in [7, 11) is 0. The molecule has 5 rings (SSSR count). The van der Waals surface area contributed by atoms with Crippen molar-refractivity contribution in [3.8, 4) is 0 Å². The molecule has 2 aromatic heterocycles. The van der Waals surface area contributed by atoms with E-state index in [2.05, 4.69) is 4.98 Å². The van der Waals surface area contributed by atoms with Gasteiger partial charge in [0.15, 0.2) is 6.17 Å². The molecule has 11 heteroatoms. The summed E-state index contributed by atoms with van der Waals surface area (Å²) in [6, 6.07) is -0.456. The van der Waals surface area contributed by atoms with Crippen molar-refractivity contribution < 1.29 is 17.6 Å². The number of nitrogens with one attached hydrogen (secondary N) is 1. The molecule has 3 aliphatic carbocycles. The molecule has 0 amide bonds. The van der Waals surface area contributed by atoms with Crippen molar-refractivity contribution in [3.05, 3.63) is 52.8 Å². The van der Waals surface area contributed by atoms with E-state index < -0.39 is 41.5 Å². The van der Waals surface area contributed by atoms with Crippen LogP contribution in [-0.2, 0) is 6.42 Å². The second kappa shape index (κ2) is 7.56. The maximum atomic E-state index is 15.7. The highest BCUT2D eigenvalue weighted by Crippen LogP contribution is 2.46. The molecule has 0 saturated heterocycles. The van der Waals surface area contributed by atoms with Crippen LogP contribution in [0.25, 0.3) is 11.3 Å². The molecule has 33 heavy (non-hydrogen) atoms. The van der Waals surface area contributed by atoms with E-state index in [9.17, 15) is 22.8 Å². The van der Waals surface area contributed by atoms with E-state index in [4.69, 9.17) is 11.5 Å². The second-order valence-corrected chi connectivity index (χ2v) is 10.4. The van der Waals surface area contributed by atoms with Crippen molar-refractivity contribution in [2.24, 2.45) is 11.5 Å². The molecule has 4 unspecified atom stereocenters. The van der Waals surface area contributed by atoms with Gasteiger partial charge in [0.1, 0.15) is 6.04 Å². The van der Waals surface area contributed by atoms with Gasteiger partial charge in [0.05, 0.1) is 22.2 Å². The molecule has 2 aromatic rings. The van der Waals surface area contributed by atoms with Crippen molar-refractivity contribution in [2.45, 2.75) is 75.3 Å². The highest BCUT2D eigenvalue weighted by molar-refractivity contribution is 7.12. The number of aromatic nitrogens is 2. The van der Waals surface area contributed by atoms with Gasteiger partial charge in [0.25, 0.3) is 5.56 Å². The van der Waals surface area contributed by atoms with E-state index in [1.165, 1.54) is 15.9 Å². The SMILES string of the molecule is CC1=c2c(c(=O)[nH]c(=O)n2C2CC2)=C(N)C(F)C1c1cc2c(s1)CCCC2C(N)C(F)(F)F. The van der Waals surface area contributed by atoms with E-state index >= 15 is 4.39 Å². The molecule has 0 spiro atoms. The molecule has 4 atom stereocenters. The first-order valence-corrected chi connectivity index (χ1v) is 11.8. The summed E-state index contributed by atoms with van der Waals surface area (Å²) in [5, 5.41) is 0.304. The predicted octanol–water partition coefficient (Wildman–Crippen LogP) is 1.62. The van der Waals surface area contributed by atoms with E-state index in [0.29, 0.717) is 40.6 Å². The van der Waals surface area contributed by atoms with Crippen LogP contribution >= 0.6 is 11.3 Å². The van der Waals surface area contributed by atoms with Crippen LogP contribution in [0.2, 0.25) is 0 Å². The summed E-state index contributed by atoms with van der Waals surface area (Å²) in [6.45, 7) is 1.66. The zero-order chi connectivity index (χ0) is 23.8. The Labute approximate surface area is 189 Å².